The van der Waals surface area contributed by atoms with Crippen LogP contribution >= 0.6 is 0 Å². The summed E-state index contributed by atoms with van der Waals surface area (Å²) >= 11 is 0. The standard InChI is InChI=1S/C15H26N2O6/c1-9-11(16-13(20)23-15(5,6)7)12(19)17(9)21-8-10(18)22-14(2,3)4/h9,11H,8H2,1-7H3,(H,16,20)/t9-,11-/m0/s1. The largest absolute Gasteiger partial charge is 0.458 e. The molecular weight excluding hydrogens is 304 g/mol. The number of alkyl carbamates (subject to hydrolysis) is 1. The Morgan fingerprint density at radius 2 is 1.61 bits per heavy atom. The Morgan fingerprint density at radius 3 is 2.04 bits per heavy atom. The van der Waals surface area contributed by atoms with Gasteiger partial charge in [-0.3, -0.25) is 9.63 Å². The number of ether oxygens (including phenoxy) is 2. The van der Waals surface area contributed by atoms with Crippen LogP contribution in [0.2, 0.25) is 0 Å². The molecule has 2 atom stereocenters. The van der Waals surface area contributed by atoms with E-state index in [2.05, 4.69) is 5.32 Å². The van der Waals surface area contributed by atoms with Crippen LogP contribution in [-0.4, -0.2) is 52.9 Å². The van der Waals surface area contributed by atoms with E-state index >= 15 is 0 Å². The van der Waals surface area contributed by atoms with Crippen molar-refractivity contribution in [3.8, 4) is 0 Å². The van der Waals surface area contributed by atoms with Crippen LogP contribution in [-0.2, 0) is 23.9 Å². The van der Waals surface area contributed by atoms with Gasteiger partial charge in [0.1, 0.15) is 17.2 Å². The molecule has 1 fully saturated rings. The summed E-state index contributed by atoms with van der Waals surface area (Å²) in [5, 5.41) is 3.53. The van der Waals surface area contributed by atoms with E-state index in [1.807, 2.05) is 0 Å². The highest BCUT2D eigenvalue weighted by molar-refractivity contribution is 5.91. The summed E-state index contributed by atoms with van der Waals surface area (Å²) in [4.78, 5) is 40.3. The van der Waals surface area contributed by atoms with Crippen LogP contribution < -0.4 is 5.32 Å². The van der Waals surface area contributed by atoms with E-state index in [0.717, 1.165) is 5.06 Å². The van der Waals surface area contributed by atoms with Gasteiger partial charge in [-0.1, -0.05) is 0 Å². The first kappa shape index (κ1) is 19.2. The zero-order valence-electron chi connectivity index (χ0n) is 14.8. The molecule has 0 bridgehead atoms. The average molecular weight is 330 g/mol. The van der Waals surface area contributed by atoms with E-state index < -0.39 is 41.3 Å². The molecule has 0 aromatic heterocycles. The van der Waals surface area contributed by atoms with Gasteiger partial charge in [0.05, 0.1) is 6.04 Å². The molecule has 2 amide bonds. The zero-order chi connectivity index (χ0) is 18.0. The SMILES string of the molecule is C[C@H]1[C@H](NC(=O)OC(C)(C)C)C(=O)N1OCC(=O)OC(C)(C)C. The monoisotopic (exact) mass is 330 g/mol. The van der Waals surface area contributed by atoms with Crippen LogP contribution in [0.15, 0.2) is 0 Å². The van der Waals surface area contributed by atoms with E-state index in [9.17, 15) is 14.4 Å². The minimum absolute atomic E-state index is 0.369. The first-order valence-electron chi connectivity index (χ1n) is 7.47. The normalized spacial score (nSPS) is 21.5. The molecular formula is C15H26N2O6. The lowest BCUT2D eigenvalue weighted by atomic mass is 10.0. The molecule has 1 heterocycles. The summed E-state index contributed by atoms with van der Waals surface area (Å²) in [7, 11) is 0. The zero-order valence-corrected chi connectivity index (χ0v) is 14.8. The maximum absolute atomic E-state index is 11.9. The lowest BCUT2D eigenvalue weighted by Crippen LogP contribution is -2.69. The Bertz CT molecular complexity index is 477. The van der Waals surface area contributed by atoms with Gasteiger partial charge in [-0.2, -0.15) is 0 Å². The number of hydrogen-bond donors (Lipinski definition) is 1. The number of carbonyl (C=O) groups excluding carboxylic acids is 3. The first-order valence-corrected chi connectivity index (χ1v) is 7.47. The molecule has 23 heavy (non-hydrogen) atoms. The van der Waals surface area contributed by atoms with Crippen LogP contribution in [0.3, 0.4) is 0 Å². The van der Waals surface area contributed by atoms with Crippen LogP contribution in [0.25, 0.3) is 0 Å². The molecule has 0 aromatic carbocycles. The second-order valence-corrected chi connectivity index (χ2v) is 7.39. The minimum atomic E-state index is -0.733. The number of rotatable bonds is 4. The van der Waals surface area contributed by atoms with E-state index in [4.69, 9.17) is 14.3 Å². The number of amides is 2. The summed E-state index contributed by atoms with van der Waals surface area (Å²) in [6, 6.07) is -1.14. The quantitative estimate of drug-likeness (QED) is 0.618. The van der Waals surface area contributed by atoms with Gasteiger partial charge >= 0.3 is 12.1 Å². The van der Waals surface area contributed by atoms with Crippen LogP contribution in [0, 0.1) is 0 Å². The smallest absolute Gasteiger partial charge is 0.408 e. The molecule has 8 nitrogen and oxygen atoms in total. The van der Waals surface area contributed by atoms with E-state index in [-0.39, 0.29) is 6.61 Å². The van der Waals surface area contributed by atoms with Gasteiger partial charge in [0.2, 0.25) is 0 Å². The Labute approximate surface area is 136 Å². The van der Waals surface area contributed by atoms with Crippen molar-refractivity contribution in [1.29, 1.82) is 0 Å². The maximum atomic E-state index is 11.9. The van der Waals surface area contributed by atoms with Crippen LogP contribution in [0.5, 0.6) is 0 Å². The fourth-order valence-electron chi connectivity index (χ4n) is 1.89. The first-order chi connectivity index (χ1) is 10.3. The highest BCUT2D eigenvalue weighted by atomic mass is 16.7. The van der Waals surface area contributed by atoms with E-state index in [1.54, 1.807) is 48.5 Å². The van der Waals surface area contributed by atoms with Crippen molar-refractivity contribution < 1.29 is 28.7 Å². The van der Waals surface area contributed by atoms with Crippen molar-refractivity contribution in [1.82, 2.24) is 10.4 Å². The fourth-order valence-corrected chi connectivity index (χ4v) is 1.89. The average Bonchev–Trinajstić information content (AvgIpc) is 2.31. The third-order valence-electron chi connectivity index (χ3n) is 2.75. The predicted molar refractivity (Wildman–Crippen MR) is 81.3 cm³/mol. The van der Waals surface area contributed by atoms with Crippen LogP contribution in [0.4, 0.5) is 4.79 Å². The molecule has 132 valence electrons. The van der Waals surface area contributed by atoms with Gasteiger partial charge in [0, 0.05) is 0 Å². The molecule has 0 unspecified atom stereocenters. The molecule has 0 saturated carbocycles. The lowest BCUT2D eigenvalue weighted by Gasteiger charge is -2.43. The van der Waals surface area contributed by atoms with Gasteiger partial charge in [0.15, 0.2) is 6.61 Å². The minimum Gasteiger partial charge on any atom is -0.458 e. The highest BCUT2D eigenvalue weighted by Crippen LogP contribution is 2.21. The second-order valence-electron chi connectivity index (χ2n) is 7.39. The third-order valence-corrected chi connectivity index (χ3v) is 2.75. The molecule has 0 spiro atoms. The molecule has 1 rings (SSSR count). The number of hydrogen-bond acceptors (Lipinski definition) is 6. The summed E-state index contributed by atoms with van der Waals surface area (Å²) in [5.41, 5.74) is -1.27. The molecule has 1 aliphatic heterocycles. The summed E-state index contributed by atoms with van der Waals surface area (Å²) in [6.07, 6.45) is -0.672. The van der Waals surface area contributed by atoms with Gasteiger partial charge in [0.25, 0.3) is 5.91 Å². The molecule has 0 radical (unpaired) electrons. The van der Waals surface area contributed by atoms with Crippen molar-refractivity contribution in [3.05, 3.63) is 0 Å². The van der Waals surface area contributed by atoms with Crippen molar-refractivity contribution in [2.75, 3.05) is 6.61 Å². The molecule has 0 aliphatic carbocycles. The topological polar surface area (TPSA) is 94.2 Å². The number of hydroxylamine groups is 2. The summed E-state index contributed by atoms with van der Waals surface area (Å²) in [6.45, 7) is 11.7. The molecule has 1 saturated heterocycles. The van der Waals surface area contributed by atoms with Crippen molar-refractivity contribution in [3.63, 3.8) is 0 Å². The highest BCUT2D eigenvalue weighted by Gasteiger charge is 2.47. The Hall–Kier alpha value is -1.83. The van der Waals surface area contributed by atoms with E-state index in [0.29, 0.717) is 0 Å². The summed E-state index contributed by atoms with van der Waals surface area (Å²) < 4.78 is 10.2. The van der Waals surface area contributed by atoms with Crippen LogP contribution in [0.1, 0.15) is 48.5 Å². The molecule has 1 N–H and O–H groups in total. The number of nitrogens with zero attached hydrogens (tertiary/aromatic N) is 1. The number of esters is 1. The van der Waals surface area contributed by atoms with Gasteiger partial charge < -0.3 is 14.8 Å². The Morgan fingerprint density at radius 1 is 1.09 bits per heavy atom. The van der Waals surface area contributed by atoms with E-state index in [1.165, 1.54) is 0 Å². The summed E-state index contributed by atoms with van der Waals surface area (Å²) in [5.74, 6) is -1.01. The number of nitrogens with one attached hydrogen (secondary N) is 1. The van der Waals surface area contributed by atoms with Gasteiger partial charge in [-0.05, 0) is 48.5 Å². The van der Waals surface area contributed by atoms with Gasteiger partial charge in [-0.15, -0.1) is 0 Å². The van der Waals surface area contributed by atoms with Gasteiger partial charge in [-0.25, -0.2) is 14.7 Å². The fraction of sp³-hybridized carbons (Fsp3) is 0.800. The predicted octanol–water partition coefficient (Wildman–Crippen LogP) is 1.38. The van der Waals surface area contributed by atoms with Crippen molar-refractivity contribution in [2.24, 2.45) is 0 Å². The molecule has 1 aliphatic rings. The number of β-lactam (4-membered cyclic amide) rings is 1. The molecule has 0 aromatic rings. The second kappa shape index (κ2) is 6.74. The lowest BCUT2D eigenvalue weighted by molar-refractivity contribution is -0.235. The molecule has 8 heteroatoms. The number of carbonyl (C=O) groups is 3. The Kier molecular flexibility index (Phi) is 5.63. The maximum Gasteiger partial charge on any atom is 0.408 e. The Balaban J connectivity index is 2.42. The van der Waals surface area contributed by atoms with Crippen molar-refractivity contribution in [2.45, 2.75) is 71.8 Å². The van der Waals surface area contributed by atoms with Crippen molar-refractivity contribution >= 4 is 18.0 Å². The third kappa shape index (κ3) is 6.05.